The van der Waals surface area contributed by atoms with E-state index in [0.29, 0.717) is 0 Å². The second-order valence-corrected chi connectivity index (χ2v) is 4.69. The van der Waals surface area contributed by atoms with Crippen molar-refractivity contribution < 1.29 is 14.7 Å². The summed E-state index contributed by atoms with van der Waals surface area (Å²) in [5.74, 6) is -0.793. The lowest BCUT2D eigenvalue weighted by Crippen LogP contribution is -2.45. The van der Waals surface area contributed by atoms with Crippen LogP contribution in [-0.2, 0) is 9.59 Å². The molecule has 0 saturated carbocycles. The fourth-order valence-electron chi connectivity index (χ4n) is 1.03. The Labute approximate surface area is 94.8 Å². The zero-order valence-corrected chi connectivity index (χ0v) is 10.3. The molecule has 0 aromatic heterocycles. The van der Waals surface area contributed by atoms with Gasteiger partial charge in [-0.2, -0.15) is 0 Å². The number of nitrogens with one attached hydrogen (secondary N) is 1. The first-order valence-electron chi connectivity index (χ1n) is 5.04. The van der Waals surface area contributed by atoms with Crippen LogP contribution >= 0.6 is 11.8 Å². The summed E-state index contributed by atoms with van der Waals surface area (Å²) in [5, 5.41) is 11.3. The van der Waals surface area contributed by atoms with E-state index in [4.69, 9.17) is 5.11 Å². The summed E-state index contributed by atoms with van der Waals surface area (Å²) in [6.45, 7) is 6.04. The van der Waals surface area contributed by atoms with Crippen LogP contribution in [0.2, 0.25) is 0 Å². The van der Waals surface area contributed by atoms with Crippen molar-refractivity contribution in [2.75, 3.05) is 11.5 Å². The van der Waals surface area contributed by atoms with E-state index in [9.17, 15) is 9.59 Å². The molecule has 1 amide bonds. The smallest absolute Gasteiger partial charge is 0.313 e. The van der Waals surface area contributed by atoms with Crippen LogP contribution in [0.4, 0.5) is 0 Å². The molecule has 5 heteroatoms. The number of carbonyl (C=O) groups excluding carboxylic acids is 1. The standard InChI is InChI=1S/C10H19NO3S/c1-4-10(3,5-2)11-8(12)6-15-7-9(13)14/h4-7H2,1-3H3,(H,11,12)(H,13,14). The van der Waals surface area contributed by atoms with Crippen molar-refractivity contribution in [3.05, 3.63) is 0 Å². The molecule has 0 saturated heterocycles. The summed E-state index contributed by atoms with van der Waals surface area (Å²) in [4.78, 5) is 21.7. The number of rotatable bonds is 7. The molecule has 2 N–H and O–H groups in total. The van der Waals surface area contributed by atoms with E-state index >= 15 is 0 Å². The van der Waals surface area contributed by atoms with Gasteiger partial charge < -0.3 is 10.4 Å². The molecule has 0 bridgehead atoms. The lowest BCUT2D eigenvalue weighted by molar-refractivity contribution is -0.133. The van der Waals surface area contributed by atoms with Crippen LogP contribution in [0, 0.1) is 0 Å². The Balaban J connectivity index is 3.87. The Bertz CT molecular complexity index is 227. The molecule has 0 radical (unpaired) electrons. The molecular formula is C10H19NO3S. The van der Waals surface area contributed by atoms with E-state index < -0.39 is 5.97 Å². The summed E-state index contributed by atoms with van der Waals surface area (Å²) in [5.41, 5.74) is -0.166. The number of hydrogen-bond donors (Lipinski definition) is 2. The molecule has 88 valence electrons. The Kier molecular flexibility index (Phi) is 6.40. The topological polar surface area (TPSA) is 66.4 Å². The van der Waals surface area contributed by atoms with Crippen molar-refractivity contribution in [3.63, 3.8) is 0 Å². The first-order valence-corrected chi connectivity index (χ1v) is 6.19. The quantitative estimate of drug-likeness (QED) is 0.699. The summed E-state index contributed by atoms with van der Waals surface area (Å²) < 4.78 is 0. The number of carboxylic acid groups (broad SMARTS) is 1. The van der Waals surface area contributed by atoms with Crippen LogP contribution in [0.1, 0.15) is 33.6 Å². The minimum absolute atomic E-state index is 0.0254. The maximum Gasteiger partial charge on any atom is 0.313 e. The Morgan fingerprint density at radius 1 is 1.27 bits per heavy atom. The molecule has 0 aliphatic carbocycles. The first-order chi connectivity index (χ1) is 6.93. The predicted molar refractivity (Wildman–Crippen MR) is 62.1 cm³/mol. The van der Waals surface area contributed by atoms with Crippen molar-refractivity contribution in [2.45, 2.75) is 39.2 Å². The molecule has 4 nitrogen and oxygen atoms in total. The Morgan fingerprint density at radius 2 is 1.80 bits per heavy atom. The molecule has 0 aromatic rings. The average molecular weight is 233 g/mol. The third-order valence-electron chi connectivity index (χ3n) is 2.46. The van der Waals surface area contributed by atoms with E-state index in [0.717, 1.165) is 24.6 Å². The fraction of sp³-hybridized carbons (Fsp3) is 0.800. The number of aliphatic carboxylic acids is 1. The van der Waals surface area contributed by atoms with Gasteiger partial charge in [-0.1, -0.05) is 13.8 Å². The van der Waals surface area contributed by atoms with E-state index in [2.05, 4.69) is 5.32 Å². The van der Waals surface area contributed by atoms with Gasteiger partial charge in [-0.3, -0.25) is 9.59 Å². The molecule has 0 rings (SSSR count). The van der Waals surface area contributed by atoms with E-state index in [-0.39, 0.29) is 23.0 Å². The molecule has 0 atom stereocenters. The van der Waals surface area contributed by atoms with Gasteiger partial charge in [0.2, 0.25) is 5.91 Å². The monoisotopic (exact) mass is 233 g/mol. The van der Waals surface area contributed by atoms with Crippen LogP contribution in [0.25, 0.3) is 0 Å². The van der Waals surface area contributed by atoms with Gasteiger partial charge in [-0.25, -0.2) is 0 Å². The van der Waals surface area contributed by atoms with Gasteiger partial charge in [0.25, 0.3) is 0 Å². The minimum Gasteiger partial charge on any atom is -0.481 e. The van der Waals surface area contributed by atoms with Crippen molar-refractivity contribution in [1.29, 1.82) is 0 Å². The van der Waals surface area contributed by atoms with Crippen molar-refractivity contribution in [3.8, 4) is 0 Å². The molecule has 0 aromatic carbocycles. The van der Waals surface area contributed by atoms with Crippen LogP contribution in [0.15, 0.2) is 0 Å². The molecule has 0 fully saturated rings. The van der Waals surface area contributed by atoms with Crippen molar-refractivity contribution in [1.82, 2.24) is 5.32 Å². The average Bonchev–Trinajstić information content (AvgIpc) is 2.17. The number of thioether (sulfide) groups is 1. The van der Waals surface area contributed by atoms with Gasteiger partial charge in [0.15, 0.2) is 0 Å². The van der Waals surface area contributed by atoms with Crippen LogP contribution < -0.4 is 5.32 Å². The predicted octanol–water partition coefficient (Wildman–Crippen LogP) is 1.50. The Hall–Kier alpha value is -0.710. The summed E-state index contributed by atoms with van der Waals surface area (Å²) in [7, 11) is 0. The number of amides is 1. The fourth-order valence-corrected chi connectivity index (χ4v) is 1.56. The molecule has 0 aliphatic heterocycles. The zero-order valence-electron chi connectivity index (χ0n) is 9.50. The molecule has 0 heterocycles. The zero-order chi connectivity index (χ0) is 11.9. The van der Waals surface area contributed by atoms with E-state index in [1.165, 1.54) is 0 Å². The third-order valence-corrected chi connectivity index (χ3v) is 3.38. The highest BCUT2D eigenvalue weighted by Gasteiger charge is 2.21. The SMILES string of the molecule is CCC(C)(CC)NC(=O)CSCC(=O)O. The summed E-state index contributed by atoms with van der Waals surface area (Å²) in [6.07, 6.45) is 1.75. The minimum atomic E-state index is -0.887. The van der Waals surface area contributed by atoms with Gasteiger partial charge in [-0.05, 0) is 19.8 Å². The number of carbonyl (C=O) groups is 2. The highest BCUT2D eigenvalue weighted by molar-refractivity contribution is 8.00. The maximum absolute atomic E-state index is 11.4. The van der Waals surface area contributed by atoms with Crippen LogP contribution in [0.3, 0.4) is 0 Å². The van der Waals surface area contributed by atoms with Gasteiger partial charge >= 0.3 is 5.97 Å². The maximum atomic E-state index is 11.4. The number of carboxylic acids is 1. The highest BCUT2D eigenvalue weighted by Crippen LogP contribution is 2.13. The second-order valence-electron chi connectivity index (χ2n) is 3.70. The third kappa shape index (κ3) is 6.38. The van der Waals surface area contributed by atoms with Crippen LogP contribution in [0.5, 0.6) is 0 Å². The van der Waals surface area contributed by atoms with Gasteiger partial charge in [0.05, 0.1) is 11.5 Å². The summed E-state index contributed by atoms with van der Waals surface area (Å²) in [6, 6.07) is 0. The number of hydrogen-bond acceptors (Lipinski definition) is 3. The van der Waals surface area contributed by atoms with Crippen molar-refractivity contribution in [2.24, 2.45) is 0 Å². The molecule has 15 heavy (non-hydrogen) atoms. The first kappa shape index (κ1) is 14.3. The lowest BCUT2D eigenvalue weighted by Gasteiger charge is -2.28. The summed E-state index contributed by atoms with van der Waals surface area (Å²) >= 11 is 1.12. The van der Waals surface area contributed by atoms with Gasteiger partial charge in [0.1, 0.15) is 0 Å². The van der Waals surface area contributed by atoms with E-state index in [1.807, 2.05) is 20.8 Å². The normalized spacial score (nSPS) is 11.1. The van der Waals surface area contributed by atoms with E-state index in [1.54, 1.807) is 0 Å². The highest BCUT2D eigenvalue weighted by atomic mass is 32.2. The van der Waals surface area contributed by atoms with Gasteiger partial charge in [-0.15, -0.1) is 11.8 Å². The van der Waals surface area contributed by atoms with Gasteiger partial charge in [0, 0.05) is 5.54 Å². The largest absolute Gasteiger partial charge is 0.481 e. The molecule has 0 spiro atoms. The molecular weight excluding hydrogens is 214 g/mol. The van der Waals surface area contributed by atoms with Crippen LogP contribution in [-0.4, -0.2) is 34.0 Å². The second kappa shape index (κ2) is 6.71. The lowest BCUT2D eigenvalue weighted by atomic mass is 9.96. The molecule has 0 aliphatic rings. The molecule has 0 unspecified atom stereocenters. The Morgan fingerprint density at radius 3 is 2.20 bits per heavy atom. The van der Waals surface area contributed by atoms with Crippen molar-refractivity contribution >= 4 is 23.6 Å².